The lowest BCUT2D eigenvalue weighted by atomic mass is 10.1. The molecule has 0 fully saturated rings. The Morgan fingerprint density at radius 1 is 0.523 bits per heavy atom. The number of rotatable bonds is 16. The van der Waals surface area contributed by atoms with Crippen LogP contribution in [0.5, 0.6) is 0 Å². The molecule has 0 aromatic rings. The molecular formula is C58H82F4N2O. The van der Waals surface area contributed by atoms with Crippen LogP contribution in [0, 0.1) is 11.3 Å². The molecule has 0 N–H and O–H groups in total. The zero-order valence-electron chi connectivity index (χ0n) is 39.2. The van der Waals surface area contributed by atoms with Crippen molar-refractivity contribution >= 4 is 5.91 Å². The smallest absolute Gasteiger partial charge is 0.345 e. The molecule has 0 saturated heterocycles. The van der Waals surface area contributed by atoms with E-state index in [1.165, 1.54) is 18.2 Å². The van der Waals surface area contributed by atoms with E-state index in [1.54, 1.807) is 67.6 Å². The lowest BCUT2D eigenvalue weighted by molar-refractivity contribution is -0.124. The summed E-state index contributed by atoms with van der Waals surface area (Å²) in [6, 6.07) is 1.92. The molecule has 0 atom stereocenters. The second-order valence-corrected chi connectivity index (χ2v) is 11.7. The van der Waals surface area contributed by atoms with E-state index in [1.807, 2.05) is 89.3 Å². The van der Waals surface area contributed by atoms with Gasteiger partial charge in [-0.05, 0) is 52.8 Å². The number of halogens is 4. The van der Waals surface area contributed by atoms with Crippen LogP contribution in [-0.4, -0.2) is 31.1 Å². The minimum atomic E-state index is -4.31. The fourth-order valence-electron chi connectivity index (χ4n) is 2.46. The van der Waals surface area contributed by atoms with Gasteiger partial charge in [-0.3, -0.25) is 4.79 Å². The van der Waals surface area contributed by atoms with Crippen LogP contribution in [0.2, 0.25) is 0 Å². The predicted molar refractivity (Wildman–Crippen MR) is 291 cm³/mol. The molecule has 0 bridgehead atoms. The molecule has 1 amide bonds. The van der Waals surface area contributed by atoms with Crippen LogP contribution in [0.4, 0.5) is 17.6 Å². The Labute approximate surface area is 396 Å². The molecule has 0 aromatic carbocycles. The number of hydrogen-bond donors (Lipinski definition) is 0. The van der Waals surface area contributed by atoms with Crippen molar-refractivity contribution in [3.05, 3.63) is 283 Å². The van der Waals surface area contributed by atoms with Crippen LogP contribution < -0.4 is 0 Å². The Morgan fingerprint density at radius 2 is 0.862 bits per heavy atom. The fourth-order valence-corrected chi connectivity index (χ4v) is 2.46. The summed E-state index contributed by atoms with van der Waals surface area (Å²) in [6.07, 6.45) is 32.0. The Balaban J connectivity index is -0.0000000667. The van der Waals surface area contributed by atoms with E-state index >= 15 is 0 Å². The van der Waals surface area contributed by atoms with Crippen LogP contribution in [0.1, 0.15) is 49.5 Å². The van der Waals surface area contributed by atoms with Crippen molar-refractivity contribution in [1.82, 2.24) is 4.90 Å². The van der Waals surface area contributed by atoms with Crippen LogP contribution in [0.25, 0.3) is 0 Å². The van der Waals surface area contributed by atoms with Crippen molar-refractivity contribution in [3.8, 4) is 6.07 Å². The van der Waals surface area contributed by atoms with Crippen molar-refractivity contribution in [2.24, 2.45) is 0 Å². The average molecular weight is 899 g/mol. The van der Waals surface area contributed by atoms with Crippen LogP contribution in [0.3, 0.4) is 0 Å². The molecule has 65 heavy (non-hydrogen) atoms. The number of alkyl halides is 3. The molecular weight excluding hydrogens is 817 g/mol. The molecule has 3 nitrogen and oxygen atoms in total. The first-order valence-electron chi connectivity index (χ1n) is 18.6. The summed E-state index contributed by atoms with van der Waals surface area (Å²) in [5, 5.41) is 8.22. The molecule has 0 radical (unpaired) electrons. The van der Waals surface area contributed by atoms with Gasteiger partial charge in [0, 0.05) is 19.7 Å². The van der Waals surface area contributed by atoms with E-state index in [4.69, 9.17) is 5.26 Å². The third-order valence-electron chi connectivity index (χ3n) is 5.28. The van der Waals surface area contributed by atoms with Gasteiger partial charge in [-0.2, -0.15) is 18.4 Å². The molecule has 0 spiro atoms. The lowest BCUT2D eigenvalue weighted by Crippen LogP contribution is -2.23. The van der Waals surface area contributed by atoms with Gasteiger partial charge in [0.25, 0.3) is 5.91 Å². The third kappa shape index (κ3) is 84.9. The number of hydrogen-bond acceptors (Lipinski definition) is 2. The molecule has 0 aliphatic carbocycles. The molecule has 0 aromatic heterocycles. The van der Waals surface area contributed by atoms with E-state index in [2.05, 4.69) is 98.7 Å². The van der Waals surface area contributed by atoms with E-state index in [-0.39, 0.29) is 26.6 Å². The summed E-state index contributed by atoms with van der Waals surface area (Å²) in [4.78, 5) is 12.9. The Hall–Kier alpha value is -7.30. The minimum absolute atomic E-state index is 0. The van der Waals surface area contributed by atoms with E-state index in [0.717, 1.165) is 46.6 Å². The monoisotopic (exact) mass is 899 g/mol. The first-order chi connectivity index (χ1) is 29.4. The third-order valence-corrected chi connectivity index (χ3v) is 5.28. The molecule has 0 heterocycles. The number of nitrogens with zero attached hydrogens (tertiary/aromatic N) is 2. The van der Waals surface area contributed by atoms with Crippen LogP contribution in [0.15, 0.2) is 283 Å². The maximum absolute atomic E-state index is 11.8. The predicted octanol–water partition coefficient (Wildman–Crippen LogP) is 18.6. The van der Waals surface area contributed by atoms with E-state index in [9.17, 15) is 22.4 Å². The number of carbonyl (C=O) groups excluding carboxylic acids is 1. The van der Waals surface area contributed by atoms with Gasteiger partial charge in [-0.15, -0.1) is 0 Å². The van der Waals surface area contributed by atoms with Gasteiger partial charge in [0.05, 0.1) is 17.2 Å². The molecule has 0 aliphatic rings. The molecule has 0 saturated carbocycles. The summed E-state index contributed by atoms with van der Waals surface area (Å²) in [7, 11) is 3.46. The highest BCUT2D eigenvalue weighted by Gasteiger charge is 2.30. The topological polar surface area (TPSA) is 44.1 Å². The number of likely N-dealkylation sites (N-methyl/N-ethyl adjacent to an activating group) is 1. The second-order valence-electron chi connectivity index (χ2n) is 11.7. The standard InChI is InChI=1S/C9H15NO.C7H7F3.C7H7N.3C7H10.C6H7F.C6H8.2CH4/c1-6-8(7(2)3)9(11)10(4)5;1-3-5-6(4-2)7(8,9)10;1-3-5-7(4-2)6-8;3*1-4-5-6-7(2)3;1-3-5-6(7)4-2;1-3-5-6-4-2;;/h6H,1H2,2-5H3;3-5H,1-2H2;3-5H,1-2H2;3*4-6H,1-2H2,3H3;3-5H,1-2H2;3-6H,1-2H2;2*1H4/b;6-5+;7-5+;3*6-5-;6-5+;6-5-;;. The Bertz CT molecular complexity index is 1680. The van der Waals surface area contributed by atoms with Gasteiger partial charge in [-0.1, -0.05) is 257 Å². The largest absolute Gasteiger partial charge is 0.416 e. The fraction of sp³-hybridized carbons (Fsp3) is 0.172. The van der Waals surface area contributed by atoms with E-state index in [0.29, 0.717) is 11.1 Å². The van der Waals surface area contributed by atoms with Gasteiger partial charge >= 0.3 is 6.18 Å². The van der Waals surface area contributed by atoms with E-state index < -0.39 is 11.7 Å². The molecule has 0 rings (SSSR count). The minimum Gasteiger partial charge on any atom is -0.345 e. The Kier molecular flexibility index (Phi) is 79.4. The van der Waals surface area contributed by atoms with Gasteiger partial charge in [0.15, 0.2) is 0 Å². The zero-order valence-corrected chi connectivity index (χ0v) is 39.2. The highest BCUT2D eigenvalue weighted by Crippen LogP contribution is 2.25. The SMILES string of the molecule is C.C.C=C/C=C(/C#N)C=C.C=C/C=C(/F)C=C.C=C/C=C(\C=C)C(F)(F)F.C=C/C=C\C(=C)C.C=C/C=C\C(=C)C.C=C/C=C\C(=C)C.C=C/C=C\C=C.C=CC(C(=O)N(C)C)=C(C)C. The molecule has 0 aliphatic heterocycles. The van der Waals surface area contributed by atoms with Crippen molar-refractivity contribution in [2.75, 3.05) is 14.1 Å². The quantitative estimate of drug-likeness (QED) is 0.0670. The lowest BCUT2D eigenvalue weighted by Gasteiger charge is -2.11. The number of carbonyl (C=O) groups is 1. The van der Waals surface area contributed by atoms with Gasteiger partial charge in [-0.25, -0.2) is 4.39 Å². The molecule has 0 unspecified atom stereocenters. The summed E-state index contributed by atoms with van der Waals surface area (Å²) in [5.74, 6) is -0.338. The van der Waals surface area contributed by atoms with Crippen LogP contribution in [-0.2, 0) is 4.79 Å². The first kappa shape index (κ1) is 81.5. The van der Waals surface area contributed by atoms with Gasteiger partial charge in [0.1, 0.15) is 5.83 Å². The summed E-state index contributed by atoms with van der Waals surface area (Å²) < 4.78 is 47.0. The van der Waals surface area contributed by atoms with Crippen molar-refractivity contribution in [2.45, 2.75) is 55.6 Å². The van der Waals surface area contributed by atoms with Gasteiger partial charge in [0.2, 0.25) is 0 Å². The first-order valence-corrected chi connectivity index (χ1v) is 18.6. The second kappa shape index (κ2) is 63.3. The molecule has 358 valence electrons. The Morgan fingerprint density at radius 3 is 0.954 bits per heavy atom. The zero-order chi connectivity index (χ0) is 51.2. The maximum atomic E-state index is 11.8. The maximum Gasteiger partial charge on any atom is 0.416 e. The number of nitriles is 1. The normalized spacial score (nSPS) is 9.60. The average Bonchev–Trinajstić information content (AvgIpc) is 3.22. The van der Waals surface area contributed by atoms with Crippen molar-refractivity contribution in [1.29, 1.82) is 5.26 Å². The van der Waals surface area contributed by atoms with Crippen molar-refractivity contribution in [3.63, 3.8) is 0 Å². The van der Waals surface area contributed by atoms with Gasteiger partial charge < -0.3 is 4.90 Å². The summed E-state index contributed by atoms with van der Waals surface area (Å²) >= 11 is 0. The highest BCUT2D eigenvalue weighted by molar-refractivity contribution is 5.96. The number of amides is 1. The summed E-state index contributed by atoms with van der Waals surface area (Å²) in [6.45, 7) is 61.1. The summed E-state index contributed by atoms with van der Waals surface area (Å²) in [5.41, 5.74) is 4.62. The highest BCUT2D eigenvalue weighted by atomic mass is 19.4. The molecule has 7 heteroatoms. The van der Waals surface area contributed by atoms with Crippen LogP contribution >= 0.6 is 0 Å². The number of allylic oxidation sites excluding steroid dienone is 29. The van der Waals surface area contributed by atoms with Crippen molar-refractivity contribution < 1.29 is 22.4 Å².